The van der Waals surface area contributed by atoms with Crippen molar-refractivity contribution in [2.45, 2.75) is 17.7 Å². The van der Waals surface area contributed by atoms with Gasteiger partial charge in [0.25, 0.3) is 0 Å². The van der Waals surface area contributed by atoms with E-state index in [0.717, 1.165) is 5.56 Å². The highest BCUT2D eigenvalue weighted by molar-refractivity contribution is 9.10. The first-order chi connectivity index (χ1) is 9.67. The Morgan fingerprint density at radius 1 is 1.29 bits per heavy atom. The van der Waals surface area contributed by atoms with Gasteiger partial charge in [0.05, 0.1) is 16.4 Å². The molecule has 21 heavy (non-hydrogen) atoms. The van der Waals surface area contributed by atoms with Crippen LogP contribution in [0.5, 0.6) is 0 Å². The number of hydrogen-bond acceptors (Lipinski definition) is 4. The van der Waals surface area contributed by atoms with Gasteiger partial charge in [-0.05, 0) is 40.0 Å². The molecule has 0 N–H and O–H groups in total. The average molecular weight is 417 g/mol. The molecule has 0 saturated carbocycles. The van der Waals surface area contributed by atoms with Gasteiger partial charge in [-0.2, -0.15) is 4.31 Å². The van der Waals surface area contributed by atoms with Gasteiger partial charge < -0.3 is 0 Å². The van der Waals surface area contributed by atoms with E-state index in [1.165, 1.54) is 10.4 Å². The molecule has 0 bridgehead atoms. The van der Waals surface area contributed by atoms with Crippen molar-refractivity contribution < 1.29 is 16.8 Å². The first-order valence-corrected chi connectivity index (χ1v) is 10.8. The molecule has 5 nitrogen and oxygen atoms in total. The van der Waals surface area contributed by atoms with Gasteiger partial charge in [-0.3, -0.25) is 0 Å². The monoisotopic (exact) mass is 415 g/mol. The van der Waals surface area contributed by atoms with Crippen LogP contribution >= 0.6 is 27.5 Å². The Hall–Kier alpha value is -0.150. The zero-order valence-electron chi connectivity index (χ0n) is 11.3. The van der Waals surface area contributed by atoms with Crippen molar-refractivity contribution in [1.82, 2.24) is 4.31 Å². The maximum Gasteiger partial charge on any atom is 0.244 e. The third-order valence-electron chi connectivity index (χ3n) is 3.36. The second-order valence-corrected chi connectivity index (χ2v) is 10.2. The third-order valence-corrected chi connectivity index (χ3v) is 8.51. The van der Waals surface area contributed by atoms with E-state index in [1.807, 2.05) is 6.07 Å². The maximum atomic E-state index is 12.7. The minimum atomic E-state index is -3.73. The van der Waals surface area contributed by atoms with Crippen molar-refractivity contribution in [2.24, 2.45) is 0 Å². The van der Waals surface area contributed by atoms with Crippen LogP contribution in [0.3, 0.4) is 0 Å². The molecule has 1 aromatic rings. The van der Waals surface area contributed by atoms with Crippen LogP contribution in [0.15, 0.2) is 21.5 Å². The van der Waals surface area contributed by atoms with Crippen molar-refractivity contribution in [3.8, 4) is 0 Å². The predicted octanol–water partition coefficient (Wildman–Crippen LogP) is 1.92. The molecule has 0 amide bonds. The predicted molar refractivity (Wildman–Crippen MR) is 85.8 cm³/mol. The zero-order valence-corrected chi connectivity index (χ0v) is 15.3. The molecule has 1 saturated heterocycles. The summed E-state index contributed by atoms with van der Waals surface area (Å²) in [5, 5.41) is 0. The largest absolute Gasteiger partial charge is 0.244 e. The number of benzene rings is 1. The van der Waals surface area contributed by atoms with E-state index in [1.54, 1.807) is 6.92 Å². The van der Waals surface area contributed by atoms with Crippen molar-refractivity contribution in [1.29, 1.82) is 0 Å². The summed E-state index contributed by atoms with van der Waals surface area (Å²) in [7, 11) is -6.86. The van der Waals surface area contributed by atoms with Gasteiger partial charge in [-0.1, -0.05) is 6.07 Å². The van der Waals surface area contributed by atoms with Crippen LogP contribution in [0.2, 0.25) is 0 Å². The molecular weight excluding hydrogens is 402 g/mol. The molecule has 0 radical (unpaired) electrons. The minimum Gasteiger partial charge on any atom is -0.229 e. The number of sulfonamides is 1. The van der Waals surface area contributed by atoms with Crippen molar-refractivity contribution >= 4 is 47.4 Å². The van der Waals surface area contributed by atoms with Crippen LogP contribution in [0.1, 0.15) is 11.1 Å². The number of aryl methyl sites for hydroxylation is 1. The average Bonchev–Trinajstić information content (AvgIpc) is 2.41. The van der Waals surface area contributed by atoms with Crippen LogP contribution in [0.4, 0.5) is 0 Å². The van der Waals surface area contributed by atoms with Gasteiger partial charge in [0, 0.05) is 23.4 Å². The highest BCUT2D eigenvalue weighted by Gasteiger charge is 2.32. The molecule has 2 rings (SSSR count). The molecule has 118 valence electrons. The Kier molecular flexibility index (Phi) is 5.04. The highest BCUT2D eigenvalue weighted by atomic mass is 79.9. The van der Waals surface area contributed by atoms with E-state index in [0.29, 0.717) is 10.0 Å². The first kappa shape index (κ1) is 17.2. The Labute approximate surface area is 138 Å². The molecule has 1 aliphatic rings. The van der Waals surface area contributed by atoms with E-state index in [4.69, 9.17) is 11.6 Å². The summed E-state index contributed by atoms with van der Waals surface area (Å²) in [6, 6.07) is 3.35. The van der Waals surface area contributed by atoms with Gasteiger partial charge in [-0.25, -0.2) is 16.8 Å². The van der Waals surface area contributed by atoms with Gasteiger partial charge in [0.15, 0.2) is 9.84 Å². The van der Waals surface area contributed by atoms with Gasteiger partial charge in [0.1, 0.15) is 0 Å². The molecule has 0 spiro atoms. The van der Waals surface area contributed by atoms with Crippen LogP contribution < -0.4 is 0 Å². The second kappa shape index (κ2) is 6.16. The summed E-state index contributed by atoms with van der Waals surface area (Å²) in [5.74, 6) is -0.0684. The summed E-state index contributed by atoms with van der Waals surface area (Å²) >= 11 is 9.09. The summed E-state index contributed by atoms with van der Waals surface area (Å²) < 4.78 is 50.0. The summed E-state index contributed by atoms with van der Waals surface area (Å²) in [4.78, 5) is 0.137. The van der Waals surface area contributed by atoms with E-state index in [9.17, 15) is 16.8 Å². The summed E-state index contributed by atoms with van der Waals surface area (Å²) in [6.07, 6.45) is 0. The molecule has 0 unspecified atom stereocenters. The van der Waals surface area contributed by atoms with Gasteiger partial charge in [0.2, 0.25) is 10.0 Å². The summed E-state index contributed by atoms with van der Waals surface area (Å²) in [5.41, 5.74) is 1.48. The minimum absolute atomic E-state index is 0.0126. The Bertz CT molecular complexity index is 748. The summed E-state index contributed by atoms with van der Waals surface area (Å²) in [6.45, 7) is 1.77. The van der Waals surface area contributed by atoms with Crippen LogP contribution in [-0.4, -0.2) is 45.7 Å². The van der Waals surface area contributed by atoms with E-state index < -0.39 is 19.9 Å². The molecule has 0 atom stereocenters. The normalized spacial score (nSPS) is 19.6. The first-order valence-electron chi connectivity index (χ1n) is 6.23. The number of halogens is 2. The van der Waals surface area contributed by atoms with Crippen molar-refractivity contribution in [3.63, 3.8) is 0 Å². The van der Waals surface area contributed by atoms with E-state index in [-0.39, 0.29) is 35.4 Å². The molecule has 9 heteroatoms. The fraction of sp³-hybridized carbons (Fsp3) is 0.500. The molecule has 1 aliphatic heterocycles. The fourth-order valence-electron chi connectivity index (χ4n) is 2.15. The quantitative estimate of drug-likeness (QED) is 0.706. The molecule has 1 heterocycles. The standard InChI is InChI=1S/C12H15BrClNO4S2/c1-9-6-10(8-14)7-11(12(9)13)21(18,19)15-2-4-20(16,17)5-3-15/h6-7H,2-5,8H2,1H3. The van der Waals surface area contributed by atoms with Crippen LogP contribution in [0.25, 0.3) is 0 Å². The van der Waals surface area contributed by atoms with Gasteiger partial charge in [-0.15, -0.1) is 11.6 Å². The lowest BCUT2D eigenvalue weighted by Crippen LogP contribution is -2.43. The number of alkyl halides is 1. The van der Waals surface area contributed by atoms with E-state index in [2.05, 4.69) is 15.9 Å². The van der Waals surface area contributed by atoms with Crippen molar-refractivity contribution in [2.75, 3.05) is 24.6 Å². The van der Waals surface area contributed by atoms with Gasteiger partial charge >= 0.3 is 0 Å². The third kappa shape index (κ3) is 3.61. The fourth-order valence-corrected chi connectivity index (χ4v) is 6.21. The number of nitrogens with zero attached hydrogens (tertiary/aromatic N) is 1. The maximum absolute atomic E-state index is 12.7. The lowest BCUT2D eigenvalue weighted by molar-refractivity contribution is 0.430. The van der Waals surface area contributed by atoms with Crippen molar-refractivity contribution in [3.05, 3.63) is 27.7 Å². The second-order valence-electron chi connectivity index (χ2n) is 4.91. The molecule has 0 aliphatic carbocycles. The highest BCUT2D eigenvalue weighted by Crippen LogP contribution is 2.30. The smallest absolute Gasteiger partial charge is 0.229 e. The van der Waals surface area contributed by atoms with E-state index >= 15 is 0 Å². The zero-order chi connectivity index (χ0) is 15.8. The Morgan fingerprint density at radius 2 is 1.86 bits per heavy atom. The van der Waals surface area contributed by atoms with Crippen LogP contribution in [-0.2, 0) is 25.7 Å². The molecule has 1 aromatic carbocycles. The topological polar surface area (TPSA) is 71.5 Å². The number of sulfone groups is 1. The molecule has 1 fully saturated rings. The molecular formula is C12H15BrClNO4S2. The number of hydrogen-bond donors (Lipinski definition) is 0. The molecule has 0 aromatic heterocycles. The lowest BCUT2D eigenvalue weighted by Gasteiger charge is -2.26. The Balaban J connectivity index is 2.43. The number of rotatable bonds is 3. The Morgan fingerprint density at radius 3 is 2.38 bits per heavy atom. The van der Waals surface area contributed by atoms with Crippen LogP contribution in [0, 0.1) is 6.92 Å². The lowest BCUT2D eigenvalue weighted by atomic mass is 10.2. The SMILES string of the molecule is Cc1cc(CCl)cc(S(=O)(=O)N2CCS(=O)(=O)CC2)c1Br.